The lowest BCUT2D eigenvalue weighted by Crippen LogP contribution is -2.15. The first-order valence-corrected chi connectivity index (χ1v) is 9.76. The second-order valence-corrected chi connectivity index (χ2v) is 7.43. The first-order valence-electron chi connectivity index (χ1n) is 9.00. The van der Waals surface area contributed by atoms with Crippen LogP contribution in [0.5, 0.6) is 0 Å². The number of benzene rings is 3. The molecule has 0 bridgehead atoms. The predicted octanol–water partition coefficient (Wildman–Crippen LogP) is 6.41. The summed E-state index contributed by atoms with van der Waals surface area (Å²) in [6.45, 7) is 2.04. The highest BCUT2D eigenvalue weighted by Crippen LogP contribution is 2.27. The van der Waals surface area contributed by atoms with Crippen LogP contribution in [0.2, 0.25) is 10.0 Å². The Morgan fingerprint density at radius 2 is 1.62 bits per heavy atom. The van der Waals surface area contributed by atoms with Gasteiger partial charge in [-0.05, 0) is 37.3 Å². The van der Waals surface area contributed by atoms with Crippen LogP contribution in [0.3, 0.4) is 0 Å². The summed E-state index contributed by atoms with van der Waals surface area (Å²) in [5.74, 6) is 0.263. The molecule has 6 heteroatoms. The van der Waals surface area contributed by atoms with Crippen molar-refractivity contribution in [2.45, 2.75) is 6.92 Å². The molecule has 0 unspecified atom stereocenters. The van der Waals surface area contributed by atoms with Gasteiger partial charge < -0.3 is 5.32 Å². The predicted molar refractivity (Wildman–Crippen MR) is 118 cm³/mol. The van der Waals surface area contributed by atoms with E-state index in [1.54, 1.807) is 22.9 Å². The van der Waals surface area contributed by atoms with Gasteiger partial charge in [-0.25, -0.2) is 4.68 Å². The molecular formula is C23H17Cl2N3O. The van der Waals surface area contributed by atoms with Crippen LogP contribution in [-0.4, -0.2) is 15.7 Å². The molecule has 4 aromatic rings. The Kier molecular flexibility index (Phi) is 5.38. The molecule has 1 aromatic heterocycles. The van der Waals surface area contributed by atoms with Crippen LogP contribution in [0.25, 0.3) is 16.9 Å². The minimum absolute atomic E-state index is 0.295. The van der Waals surface area contributed by atoms with Gasteiger partial charge in [-0.15, -0.1) is 0 Å². The fourth-order valence-corrected chi connectivity index (χ4v) is 3.23. The van der Waals surface area contributed by atoms with Crippen molar-refractivity contribution in [3.05, 3.63) is 100 Å². The van der Waals surface area contributed by atoms with E-state index in [1.165, 1.54) is 5.56 Å². The zero-order valence-electron chi connectivity index (χ0n) is 15.6. The zero-order valence-corrected chi connectivity index (χ0v) is 17.1. The SMILES string of the molecule is Cc1ccc(-c2cc(NC(=O)c3ccc(Cl)c(Cl)c3)n(-c3ccccc3)n2)cc1. The first kappa shape index (κ1) is 19.2. The van der Waals surface area contributed by atoms with Gasteiger partial charge in [0.25, 0.3) is 5.91 Å². The van der Waals surface area contributed by atoms with Crippen LogP contribution >= 0.6 is 23.2 Å². The minimum Gasteiger partial charge on any atom is -0.306 e. The summed E-state index contributed by atoms with van der Waals surface area (Å²) < 4.78 is 1.71. The van der Waals surface area contributed by atoms with Crippen LogP contribution in [0.1, 0.15) is 15.9 Å². The van der Waals surface area contributed by atoms with Gasteiger partial charge in [0.1, 0.15) is 5.82 Å². The Morgan fingerprint density at radius 3 is 2.31 bits per heavy atom. The van der Waals surface area contributed by atoms with Gasteiger partial charge in [0, 0.05) is 17.2 Å². The van der Waals surface area contributed by atoms with Crippen LogP contribution in [0.4, 0.5) is 5.82 Å². The van der Waals surface area contributed by atoms with Crippen LogP contribution in [-0.2, 0) is 0 Å². The third-order valence-corrected chi connectivity index (χ3v) is 5.22. The van der Waals surface area contributed by atoms with Gasteiger partial charge >= 0.3 is 0 Å². The molecule has 0 saturated heterocycles. The molecule has 0 aliphatic carbocycles. The number of aromatic nitrogens is 2. The number of para-hydroxylation sites is 1. The van der Waals surface area contributed by atoms with E-state index in [0.717, 1.165) is 16.9 Å². The van der Waals surface area contributed by atoms with Crippen molar-refractivity contribution in [3.8, 4) is 16.9 Å². The molecule has 4 rings (SSSR count). The molecule has 0 radical (unpaired) electrons. The van der Waals surface area contributed by atoms with Gasteiger partial charge in [0.2, 0.25) is 0 Å². The maximum absolute atomic E-state index is 12.8. The van der Waals surface area contributed by atoms with Crippen molar-refractivity contribution < 1.29 is 4.79 Å². The van der Waals surface area contributed by atoms with Gasteiger partial charge in [0.05, 0.1) is 21.4 Å². The van der Waals surface area contributed by atoms with Crippen molar-refractivity contribution in [2.24, 2.45) is 0 Å². The third-order valence-electron chi connectivity index (χ3n) is 4.48. The lowest BCUT2D eigenvalue weighted by Gasteiger charge is -2.09. The van der Waals surface area contributed by atoms with Crippen molar-refractivity contribution in [1.29, 1.82) is 0 Å². The number of nitrogens with one attached hydrogen (secondary N) is 1. The Morgan fingerprint density at radius 1 is 0.897 bits per heavy atom. The summed E-state index contributed by atoms with van der Waals surface area (Å²) in [7, 11) is 0. The number of carbonyl (C=O) groups excluding carboxylic acids is 1. The highest BCUT2D eigenvalue weighted by molar-refractivity contribution is 6.42. The maximum Gasteiger partial charge on any atom is 0.256 e. The molecular weight excluding hydrogens is 405 g/mol. The van der Waals surface area contributed by atoms with E-state index in [1.807, 2.05) is 67.6 Å². The minimum atomic E-state index is -0.295. The van der Waals surface area contributed by atoms with E-state index in [4.69, 9.17) is 28.3 Å². The molecule has 29 heavy (non-hydrogen) atoms. The molecule has 1 heterocycles. The lowest BCUT2D eigenvalue weighted by atomic mass is 10.1. The van der Waals surface area contributed by atoms with Crippen LogP contribution in [0.15, 0.2) is 78.9 Å². The molecule has 1 N–H and O–H groups in total. The smallest absolute Gasteiger partial charge is 0.256 e. The number of amides is 1. The lowest BCUT2D eigenvalue weighted by molar-refractivity contribution is 0.102. The second kappa shape index (κ2) is 8.11. The van der Waals surface area contributed by atoms with E-state index in [9.17, 15) is 4.79 Å². The molecule has 0 saturated carbocycles. The van der Waals surface area contributed by atoms with Gasteiger partial charge in [-0.1, -0.05) is 71.2 Å². The highest BCUT2D eigenvalue weighted by atomic mass is 35.5. The fraction of sp³-hybridized carbons (Fsp3) is 0.0435. The largest absolute Gasteiger partial charge is 0.306 e. The Labute approximate surface area is 178 Å². The zero-order chi connectivity index (χ0) is 20.4. The quantitative estimate of drug-likeness (QED) is 0.413. The fourth-order valence-electron chi connectivity index (χ4n) is 2.93. The van der Waals surface area contributed by atoms with E-state index >= 15 is 0 Å². The summed E-state index contributed by atoms with van der Waals surface area (Å²) in [5.41, 5.74) is 4.16. The number of halogens is 2. The summed E-state index contributed by atoms with van der Waals surface area (Å²) in [4.78, 5) is 12.8. The third kappa shape index (κ3) is 4.19. The number of nitrogens with zero attached hydrogens (tertiary/aromatic N) is 2. The standard InChI is InChI=1S/C23H17Cl2N3O/c1-15-7-9-16(10-8-15)21-14-22(28(27-21)18-5-3-2-4-6-18)26-23(29)17-11-12-19(24)20(25)13-17/h2-14H,1H3,(H,26,29). The van der Waals surface area contributed by atoms with E-state index in [2.05, 4.69) is 5.32 Å². The molecule has 0 aliphatic heterocycles. The second-order valence-electron chi connectivity index (χ2n) is 6.61. The van der Waals surface area contributed by atoms with Crippen molar-refractivity contribution in [2.75, 3.05) is 5.32 Å². The van der Waals surface area contributed by atoms with Crippen molar-refractivity contribution >= 4 is 34.9 Å². The molecule has 0 spiro atoms. The van der Waals surface area contributed by atoms with E-state index < -0.39 is 0 Å². The van der Waals surface area contributed by atoms with Crippen molar-refractivity contribution in [3.63, 3.8) is 0 Å². The number of hydrogen-bond acceptors (Lipinski definition) is 2. The monoisotopic (exact) mass is 421 g/mol. The molecule has 1 amide bonds. The van der Waals surface area contributed by atoms with Gasteiger partial charge in [-0.2, -0.15) is 5.10 Å². The Hall–Kier alpha value is -3.08. The summed E-state index contributed by atoms with van der Waals surface area (Å²) in [5, 5.41) is 8.38. The number of carbonyl (C=O) groups is 1. The molecule has 4 nitrogen and oxygen atoms in total. The number of aryl methyl sites for hydroxylation is 1. The van der Waals surface area contributed by atoms with E-state index in [-0.39, 0.29) is 5.91 Å². The normalized spacial score (nSPS) is 10.7. The Bertz CT molecular complexity index is 1170. The number of hydrogen-bond donors (Lipinski definition) is 1. The number of anilines is 1. The van der Waals surface area contributed by atoms with Crippen molar-refractivity contribution in [1.82, 2.24) is 9.78 Å². The van der Waals surface area contributed by atoms with Gasteiger partial charge in [-0.3, -0.25) is 4.79 Å². The van der Waals surface area contributed by atoms with Crippen LogP contribution < -0.4 is 5.32 Å². The maximum atomic E-state index is 12.8. The summed E-state index contributed by atoms with van der Waals surface area (Å²) >= 11 is 12.0. The highest BCUT2D eigenvalue weighted by Gasteiger charge is 2.15. The molecule has 0 fully saturated rings. The average Bonchev–Trinajstić information content (AvgIpc) is 3.15. The number of rotatable bonds is 4. The molecule has 3 aromatic carbocycles. The summed E-state index contributed by atoms with van der Waals surface area (Å²) in [6.07, 6.45) is 0. The molecule has 144 valence electrons. The first-order chi connectivity index (χ1) is 14.0. The van der Waals surface area contributed by atoms with Crippen LogP contribution in [0, 0.1) is 6.92 Å². The summed E-state index contributed by atoms with van der Waals surface area (Å²) in [6, 6.07) is 24.4. The molecule has 0 atom stereocenters. The topological polar surface area (TPSA) is 46.9 Å². The van der Waals surface area contributed by atoms with E-state index in [0.29, 0.717) is 21.4 Å². The average molecular weight is 422 g/mol. The Balaban J connectivity index is 1.73. The molecule has 0 aliphatic rings. The van der Waals surface area contributed by atoms with Gasteiger partial charge in [0.15, 0.2) is 0 Å².